The topological polar surface area (TPSA) is 65.5 Å². The smallest absolute Gasteiger partial charge is 0.256 e. The second-order valence-corrected chi connectivity index (χ2v) is 6.55. The average Bonchev–Trinajstić information content (AvgIpc) is 2.67. The molecule has 2 heterocycles. The first-order valence-electron chi connectivity index (χ1n) is 8.89. The fourth-order valence-corrected chi connectivity index (χ4v) is 3.51. The summed E-state index contributed by atoms with van der Waals surface area (Å²) in [5.74, 6) is 0.0387. The minimum absolute atomic E-state index is 0.136. The molecule has 0 aliphatic carbocycles. The molecule has 5 nitrogen and oxygen atoms in total. The van der Waals surface area contributed by atoms with Gasteiger partial charge in [-0.2, -0.15) is 0 Å². The second kappa shape index (κ2) is 6.77. The van der Waals surface area contributed by atoms with E-state index in [0.29, 0.717) is 11.3 Å². The number of phenolic OH excluding ortho intramolecular Hbond substituents is 1. The number of hydrogen-bond donors (Lipinski definition) is 2. The molecule has 0 radical (unpaired) electrons. The van der Waals surface area contributed by atoms with E-state index in [2.05, 4.69) is 17.1 Å². The summed E-state index contributed by atoms with van der Waals surface area (Å²) < 4.78 is 0. The monoisotopic (exact) mass is 347 g/mol. The summed E-state index contributed by atoms with van der Waals surface area (Å²) in [6, 6.07) is 14.3. The molecule has 2 aromatic carbocycles. The highest BCUT2D eigenvalue weighted by Gasteiger charge is 2.25. The third kappa shape index (κ3) is 3.02. The lowest BCUT2D eigenvalue weighted by molar-refractivity contribution is 0.102. The van der Waals surface area contributed by atoms with Crippen LogP contribution in [0.25, 0.3) is 10.9 Å². The highest BCUT2D eigenvalue weighted by atomic mass is 16.3. The number of aromatic nitrogens is 1. The SMILES string of the molecule is CCN1CCc2nc3ccccc3c(C(=O)Nc3ccc(O)cc3)c2C1. The molecular formula is C21H21N3O2. The maximum Gasteiger partial charge on any atom is 0.256 e. The lowest BCUT2D eigenvalue weighted by atomic mass is 9.95. The van der Waals surface area contributed by atoms with Gasteiger partial charge in [0.05, 0.1) is 11.1 Å². The van der Waals surface area contributed by atoms with Crippen molar-refractivity contribution >= 4 is 22.5 Å². The Hall–Kier alpha value is -2.92. The number of rotatable bonds is 3. The zero-order valence-electron chi connectivity index (χ0n) is 14.7. The van der Waals surface area contributed by atoms with Gasteiger partial charge < -0.3 is 10.4 Å². The van der Waals surface area contributed by atoms with Crippen LogP contribution in [0.5, 0.6) is 5.75 Å². The zero-order valence-corrected chi connectivity index (χ0v) is 14.7. The highest BCUT2D eigenvalue weighted by Crippen LogP contribution is 2.29. The van der Waals surface area contributed by atoms with Crippen LogP contribution in [0.4, 0.5) is 5.69 Å². The van der Waals surface area contributed by atoms with Gasteiger partial charge in [-0.15, -0.1) is 0 Å². The molecule has 0 atom stereocenters. The highest BCUT2D eigenvalue weighted by molar-refractivity contribution is 6.13. The van der Waals surface area contributed by atoms with Crippen LogP contribution < -0.4 is 5.32 Å². The van der Waals surface area contributed by atoms with Crippen molar-refractivity contribution in [2.75, 3.05) is 18.4 Å². The Balaban J connectivity index is 1.81. The molecule has 1 aliphatic rings. The summed E-state index contributed by atoms with van der Waals surface area (Å²) in [5, 5.41) is 13.3. The number of carbonyl (C=O) groups excluding carboxylic acids is 1. The molecule has 3 aromatic rings. The van der Waals surface area contributed by atoms with Gasteiger partial charge in [0.15, 0.2) is 0 Å². The number of hydrogen-bond acceptors (Lipinski definition) is 4. The summed E-state index contributed by atoms with van der Waals surface area (Å²) in [6.45, 7) is 4.79. The van der Waals surface area contributed by atoms with E-state index in [1.807, 2.05) is 24.3 Å². The Morgan fingerprint density at radius 1 is 1.19 bits per heavy atom. The molecule has 1 amide bonds. The zero-order chi connectivity index (χ0) is 18.1. The van der Waals surface area contributed by atoms with E-state index in [9.17, 15) is 9.90 Å². The van der Waals surface area contributed by atoms with Gasteiger partial charge in [0.2, 0.25) is 0 Å². The van der Waals surface area contributed by atoms with Crippen LogP contribution in [0.1, 0.15) is 28.5 Å². The molecule has 0 spiro atoms. The van der Waals surface area contributed by atoms with E-state index in [1.54, 1.807) is 24.3 Å². The molecule has 0 saturated heterocycles. The normalized spacial score (nSPS) is 14.2. The summed E-state index contributed by atoms with van der Waals surface area (Å²) >= 11 is 0. The Morgan fingerprint density at radius 2 is 1.96 bits per heavy atom. The van der Waals surface area contributed by atoms with Gasteiger partial charge in [0, 0.05) is 41.8 Å². The maximum atomic E-state index is 13.2. The molecule has 0 fully saturated rings. The molecular weight excluding hydrogens is 326 g/mol. The number of anilines is 1. The lowest BCUT2D eigenvalue weighted by Gasteiger charge is -2.29. The van der Waals surface area contributed by atoms with Gasteiger partial charge in [-0.3, -0.25) is 14.7 Å². The molecule has 1 aliphatic heterocycles. The number of carbonyl (C=O) groups is 1. The van der Waals surface area contributed by atoms with Crippen molar-refractivity contribution in [1.82, 2.24) is 9.88 Å². The Labute approximate surface area is 152 Å². The minimum Gasteiger partial charge on any atom is -0.508 e. The molecule has 2 N–H and O–H groups in total. The van der Waals surface area contributed by atoms with Crippen molar-refractivity contribution in [3.63, 3.8) is 0 Å². The van der Waals surface area contributed by atoms with Crippen LogP contribution in [0.3, 0.4) is 0 Å². The average molecular weight is 347 g/mol. The number of para-hydroxylation sites is 1. The maximum absolute atomic E-state index is 13.2. The van der Waals surface area contributed by atoms with E-state index >= 15 is 0 Å². The molecule has 0 unspecified atom stereocenters. The summed E-state index contributed by atoms with van der Waals surface area (Å²) in [5.41, 5.74) is 4.26. The first-order chi connectivity index (χ1) is 12.7. The number of fused-ring (bicyclic) bond motifs is 2. The van der Waals surface area contributed by atoms with Gasteiger partial charge in [0.25, 0.3) is 5.91 Å². The molecule has 132 valence electrons. The third-order valence-electron chi connectivity index (χ3n) is 4.92. The number of nitrogens with zero attached hydrogens (tertiary/aromatic N) is 2. The molecule has 0 saturated carbocycles. The number of aromatic hydroxyl groups is 1. The number of pyridine rings is 1. The van der Waals surface area contributed by atoms with Crippen LogP contribution in [0, 0.1) is 0 Å². The van der Waals surface area contributed by atoms with Crippen molar-refractivity contribution < 1.29 is 9.90 Å². The molecule has 5 heteroatoms. The van der Waals surface area contributed by atoms with Crippen LogP contribution in [-0.4, -0.2) is 34.0 Å². The van der Waals surface area contributed by atoms with Crippen LogP contribution in [-0.2, 0) is 13.0 Å². The fraction of sp³-hybridized carbons (Fsp3) is 0.238. The first kappa shape index (κ1) is 16.5. The van der Waals surface area contributed by atoms with E-state index < -0.39 is 0 Å². The first-order valence-corrected chi connectivity index (χ1v) is 8.89. The predicted octanol–water partition coefficient (Wildman–Crippen LogP) is 3.57. The largest absolute Gasteiger partial charge is 0.508 e. The molecule has 26 heavy (non-hydrogen) atoms. The fourth-order valence-electron chi connectivity index (χ4n) is 3.51. The molecule has 0 bridgehead atoms. The van der Waals surface area contributed by atoms with E-state index in [-0.39, 0.29) is 11.7 Å². The van der Waals surface area contributed by atoms with Crippen molar-refractivity contribution in [2.24, 2.45) is 0 Å². The standard InChI is InChI=1S/C21H21N3O2/c1-2-24-12-11-19-17(13-24)20(16-5-3-4-6-18(16)23-19)21(26)22-14-7-9-15(25)10-8-14/h3-10,25H,2,11-13H2,1H3,(H,22,26). The van der Waals surface area contributed by atoms with Crippen molar-refractivity contribution in [3.8, 4) is 5.75 Å². The molecule has 1 aromatic heterocycles. The third-order valence-corrected chi connectivity index (χ3v) is 4.92. The van der Waals surface area contributed by atoms with E-state index in [0.717, 1.165) is 48.2 Å². The van der Waals surface area contributed by atoms with Gasteiger partial charge in [-0.05, 0) is 36.9 Å². The minimum atomic E-state index is -0.136. The summed E-state index contributed by atoms with van der Waals surface area (Å²) in [7, 11) is 0. The Morgan fingerprint density at radius 3 is 2.73 bits per heavy atom. The Bertz CT molecular complexity index is 967. The number of benzene rings is 2. The van der Waals surface area contributed by atoms with Gasteiger partial charge >= 0.3 is 0 Å². The lowest BCUT2D eigenvalue weighted by Crippen LogP contribution is -2.33. The van der Waals surface area contributed by atoms with Crippen molar-refractivity contribution in [3.05, 3.63) is 65.4 Å². The summed E-state index contributed by atoms with van der Waals surface area (Å²) in [6.07, 6.45) is 0.855. The van der Waals surface area contributed by atoms with Gasteiger partial charge in [-0.25, -0.2) is 0 Å². The van der Waals surface area contributed by atoms with Gasteiger partial charge in [0.1, 0.15) is 5.75 Å². The second-order valence-electron chi connectivity index (χ2n) is 6.55. The van der Waals surface area contributed by atoms with E-state index in [4.69, 9.17) is 4.98 Å². The van der Waals surface area contributed by atoms with Crippen molar-refractivity contribution in [2.45, 2.75) is 19.9 Å². The number of likely N-dealkylation sites (N-methyl/N-ethyl adjacent to an activating group) is 1. The van der Waals surface area contributed by atoms with Crippen LogP contribution >= 0.6 is 0 Å². The number of phenols is 1. The number of amides is 1. The molecule has 4 rings (SSSR count). The Kier molecular flexibility index (Phi) is 4.31. The summed E-state index contributed by atoms with van der Waals surface area (Å²) in [4.78, 5) is 20.3. The quantitative estimate of drug-likeness (QED) is 0.711. The van der Waals surface area contributed by atoms with Crippen LogP contribution in [0.15, 0.2) is 48.5 Å². The number of nitrogens with one attached hydrogen (secondary N) is 1. The van der Waals surface area contributed by atoms with Gasteiger partial charge in [-0.1, -0.05) is 25.1 Å². The van der Waals surface area contributed by atoms with Crippen LogP contribution in [0.2, 0.25) is 0 Å². The van der Waals surface area contributed by atoms with E-state index in [1.165, 1.54) is 0 Å². The van der Waals surface area contributed by atoms with Crippen molar-refractivity contribution in [1.29, 1.82) is 0 Å². The predicted molar refractivity (Wildman–Crippen MR) is 102 cm³/mol.